The number of amides is 1. The zero-order valence-corrected chi connectivity index (χ0v) is 39.8. The van der Waals surface area contributed by atoms with E-state index >= 15 is 0 Å². The van der Waals surface area contributed by atoms with Crippen molar-refractivity contribution in [2.45, 2.75) is 175 Å². The van der Waals surface area contributed by atoms with E-state index in [4.69, 9.17) is 9.47 Å². The van der Waals surface area contributed by atoms with Crippen LogP contribution in [-0.2, 0) is 43.6 Å². The first-order valence-corrected chi connectivity index (χ1v) is 23.6. The first-order chi connectivity index (χ1) is 29.7. The molecule has 2 aromatic rings. The van der Waals surface area contributed by atoms with E-state index in [-0.39, 0.29) is 43.2 Å². The monoisotopic (exact) mass is 863 g/mol. The van der Waals surface area contributed by atoms with Gasteiger partial charge in [-0.25, -0.2) is 4.79 Å². The number of carbonyl (C=O) groups excluding carboxylic acids is 4. The highest BCUT2D eigenvalue weighted by Gasteiger charge is 2.51. The van der Waals surface area contributed by atoms with Crippen LogP contribution in [0.2, 0.25) is 0 Å². The Hall–Kier alpha value is -3.68. The Kier molecular flexibility index (Phi) is 22.8. The zero-order valence-electron chi connectivity index (χ0n) is 39.8. The van der Waals surface area contributed by atoms with Gasteiger partial charge in [0.05, 0.1) is 17.6 Å². The van der Waals surface area contributed by atoms with E-state index in [9.17, 15) is 19.2 Å². The molecule has 62 heavy (non-hydrogen) atoms. The summed E-state index contributed by atoms with van der Waals surface area (Å²) in [4.78, 5) is 57.5. The molecule has 6 atom stereocenters. The highest BCUT2D eigenvalue weighted by Crippen LogP contribution is 2.41. The average molecular weight is 863 g/mol. The molecular formula is C50H82N6O6. The van der Waals surface area contributed by atoms with Crippen molar-refractivity contribution >= 4 is 23.6 Å². The van der Waals surface area contributed by atoms with Crippen LogP contribution in [0.25, 0.3) is 0 Å². The molecule has 4 unspecified atom stereocenters. The van der Waals surface area contributed by atoms with Gasteiger partial charge in [0.1, 0.15) is 13.2 Å². The van der Waals surface area contributed by atoms with E-state index in [2.05, 4.69) is 71.3 Å². The Bertz CT molecular complexity index is 1630. The van der Waals surface area contributed by atoms with Crippen molar-refractivity contribution in [3.8, 4) is 0 Å². The fraction of sp³-hybridized carbons (Fsp3) is 0.680. The van der Waals surface area contributed by atoms with Gasteiger partial charge in [0.2, 0.25) is 0 Å². The van der Waals surface area contributed by atoms with Gasteiger partial charge in [0.15, 0.2) is 11.6 Å². The highest BCUT2D eigenvalue weighted by molar-refractivity contribution is 5.94. The molecule has 0 aliphatic carbocycles. The van der Waals surface area contributed by atoms with Gasteiger partial charge >= 0.3 is 12.1 Å². The number of ether oxygens (including phenoxy) is 2. The summed E-state index contributed by atoms with van der Waals surface area (Å²) in [6.45, 7) is 22.2. The van der Waals surface area contributed by atoms with E-state index in [0.29, 0.717) is 51.5 Å². The van der Waals surface area contributed by atoms with Gasteiger partial charge in [-0.1, -0.05) is 89.2 Å². The quantitative estimate of drug-likeness (QED) is 0.0377. The number of hydrogen-bond acceptors (Lipinski definition) is 11. The predicted molar refractivity (Wildman–Crippen MR) is 250 cm³/mol. The molecule has 2 aromatic carbocycles. The van der Waals surface area contributed by atoms with Crippen LogP contribution >= 0.6 is 0 Å². The lowest BCUT2D eigenvalue weighted by Gasteiger charge is -2.49. The molecule has 1 saturated heterocycles. The van der Waals surface area contributed by atoms with Gasteiger partial charge in [0, 0.05) is 49.6 Å². The predicted octanol–water partition coefficient (Wildman–Crippen LogP) is 7.62. The molecule has 1 amide bonds. The fourth-order valence-electron chi connectivity index (χ4n) is 8.30. The molecule has 3 rings (SSSR count). The van der Waals surface area contributed by atoms with Crippen LogP contribution in [0.1, 0.15) is 143 Å². The molecule has 12 nitrogen and oxygen atoms in total. The Morgan fingerprint density at radius 1 is 0.742 bits per heavy atom. The van der Waals surface area contributed by atoms with Crippen LogP contribution in [0.5, 0.6) is 0 Å². The number of likely N-dealkylation sites (tertiary alicyclic amines) is 1. The zero-order chi connectivity index (χ0) is 45.6. The number of carbonyl (C=O) groups is 4. The SMILES string of the molecule is CCC(C)N[C@@H](CCC(=O)OCc1ccc(CNCCN2CCCC2)cc1)C(=O)C(C)(CC)C(C)(CC)N[C@@H](CCCCNC(=O)OCc1ccccc1)C(=O)C(C)(CC)NC. The number of ketones is 2. The topological polar surface area (TPSA) is 150 Å². The average Bonchev–Trinajstić information content (AvgIpc) is 3.83. The van der Waals surface area contributed by atoms with Crippen molar-refractivity contribution < 1.29 is 28.7 Å². The van der Waals surface area contributed by atoms with Gasteiger partial charge in [-0.3, -0.25) is 14.4 Å². The van der Waals surface area contributed by atoms with E-state index < -0.39 is 34.7 Å². The van der Waals surface area contributed by atoms with Crippen LogP contribution in [0.15, 0.2) is 54.6 Å². The summed E-state index contributed by atoms with van der Waals surface area (Å²) in [5.74, 6) is -0.281. The maximum absolute atomic E-state index is 15.0. The summed E-state index contributed by atoms with van der Waals surface area (Å²) >= 11 is 0. The van der Waals surface area contributed by atoms with E-state index in [0.717, 1.165) is 37.2 Å². The maximum atomic E-state index is 15.0. The number of Topliss-reactive ketones (excluding diaryl/α,β-unsaturated/α-hetero) is 2. The molecule has 0 radical (unpaired) electrons. The number of nitrogens with zero attached hydrogens (tertiary/aromatic N) is 1. The van der Waals surface area contributed by atoms with Crippen LogP contribution in [0.3, 0.4) is 0 Å². The molecule has 0 saturated carbocycles. The van der Waals surface area contributed by atoms with Crippen LogP contribution < -0.4 is 26.6 Å². The van der Waals surface area contributed by atoms with Crippen molar-refractivity contribution in [3.05, 3.63) is 71.3 Å². The second-order valence-electron chi connectivity index (χ2n) is 18.0. The first-order valence-electron chi connectivity index (χ1n) is 23.6. The summed E-state index contributed by atoms with van der Waals surface area (Å²) in [6, 6.07) is 16.6. The summed E-state index contributed by atoms with van der Waals surface area (Å²) in [5.41, 5.74) is 0.588. The Morgan fingerprint density at radius 2 is 1.39 bits per heavy atom. The van der Waals surface area contributed by atoms with Gasteiger partial charge in [0.25, 0.3) is 0 Å². The molecule has 5 N–H and O–H groups in total. The number of likely N-dealkylation sites (N-methyl/N-ethyl adjacent to an activating group) is 1. The van der Waals surface area contributed by atoms with E-state index in [1.54, 1.807) is 0 Å². The van der Waals surface area contributed by atoms with Crippen molar-refractivity contribution in [3.63, 3.8) is 0 Å². The Labute approximate surface area is 374 Å². The third-order valence-electron chi connectivity index (χ3n) is 13.8. The molecule has 0 spiro atoms. The lowest BCUT2D eigenvalue weighted by atomic mass is 9.63. The first kappa shape index (κ1) is 52.7. The molecule has 1 aliphatic heterocycles. The third kappa shape index (κ3) is 16.1. The summed E-state index contributed by atoms with van der Waals surface area (Å²) in [6.07, 6.45) is 6.92. The third-order valence-corrected chi connectivity index (χ3v) is 13.8. The number of hydrogen-bond donors (Lipinski definition) is 5. The smallest absolute Gasteiger partial charge is 0.407 e. The summed E-state index contributed by atoms with van der Waals surface area (Å²) in [5, 5.41) is 16.9. The van der Waals surface area contributed by atoms with Gasteiger partial charge in [-0.2, -0.15) is 0 Å². The minimum Gasteiger partial charge on any atom is -0.461 e. The number of esters is 1. The molecule has 0 aromatic heterocycles. The Morgan fingerprint density at radius 3 is 2.00 bits per heavy atom. The molecule has 0 bridgehead atoms. The van der Waals surface area contributed by atoms with Gasteiger partial charge in [-0.15, -0.1) is 0 Å². The van der Waals surface area contributed by atoms with Crippen LogP contribution in [-0.4, -0.2) is 97.5 Å². The lowest BCUT2D eigenvalue weighted by molar-refractivity contribution is -0.145. The molecule has 348 valence electrons. The summed E-state index contributed by atoms with van der Waals surface area (Å²) in [7, 11) is 1.81. The lowest BCUT2D eigenvalue weighted by Crippen LogP contribution is -2.67. The molecule has 1 aliphatic rings. The fourth-order valence-corrected chi connectivity index (χ4v) is 8.30. The van der Waals surface area contributed by atoms with Crippen LogP contribution in [0, 0.1) is 5.41 Å². The summed E-state index contributed by atoms with van der Waals surface area (Å²) < 4.78 is 11.1. The highest BCUT2D eigenvalue weighted by atomic mass is 16.5. The molecule has 1 fully saturated rings. The molecule has 1 heterocycles. The minimum atomic E-state index is -0.896. The van der Waals surface area contributed by atoms with Crippen LogP contribution in [0.4, 0.5) is 4.79 Å². The van der Waals surface area contributed by atoms with E-state index in [1.807, 2.05) is 77.2 Å². The minimum absolute atomic E-state index is 0.0193. The number of benzene rings is 2. The normalized spacial score (nSPS) is 17.5. The van der Waals surface area contributed by atoms with Gasteiger partial charge < -0.3 is 41.0 Å². The largest absolute Gasteiger partial charge is 0.461 e. The number of nitrogens with one attached hydrogen (secondary N) is 5. The van der Waals surface area contributed by atoms with Crippen molar-refractivity contribution in [2.75, 3.05) is 39.8 Å². The Balaban J connectivity index is 1.65. The maximum Gasteiger partial charge on any atom is 0.407 e. The van der Waals surface area contributed by atoms with Crippen molar-refractivity contribution in [1.29, 1.82) is 0 Å². The van der Waals surface area contributed by atoms with Crippen molar-refractivity contribution in [2.24, 2.45) is 5.41 Å². The molecular weight excluding hydrogens is 781 g/mol. The second-order valence-corrected chi connectivity index (χ2v) is 18.0. The molecule has 12 heteroatoms. The number of unbranched alkanes of at least 4 members (excludes halogenated alkanes) is 1. The van der Waals surface area contributed by atoms with Crippen molar-refractivity contribution in [1.82, 2.24) is 31.5 Å². The number of alkyl carbamates (subject to hydrolysis) is 1. The van der Waals surface area contributed by atoms with E-state index in [1.165, 1.54) is 31.5 Å². The standard InChI is InChI=1S/C50H82N6O6/c1-10-38(5)54-42(28-29-44(57)61-36-41-26-24-39(25-27-41)35-52-31-34-56-32-19-20-33-56)45(58)48(6,11-2)50(8,13-4)55-43(46(59)49(7,12-3)51-9)23-17-18-30-53-47(60)62-37-40-21-15-14-16-22-40/h14-16,21-22,24-27,38,42-43,51-52,54-55H,10-13,17-20,23,28-37H2,1-9H3,(H,53,60)/t38?,42-,43-,48?,49?,50?/m0/s1. The van der Waals surface area contributed by atoms with Gasteiger partial charge in [-0.05, 0) is 122 Å². The second kappa shape index (κ2) is 26.8. The number of rotatable bonds is 31.